The number of carbonyl (C=O) groups is 1. The standard InChI is InChI=1S/C16H17BrN2O2/c1-9-4-5-13(17)14(6-9)19-11-7-10(2)15(18)12(8-11)16(20)21-3/h4-8,19H,18H2,1-3H3. The Hall–Kier alpha value is -2.01. The predicted molar refractivity (Wildman–Crippen MR) is 89.1 cm³/mol. The molecular formula is C16H17BrN2O2. The fourth-order valence-corrected chi connectivity index (χ4v) is 2.39. The molecule has 2 rings (SSSR count). The summed E-state index contributed by atoms with van der Waals surface area (Å²) in [6.45, 7) is 3.88. The highest BCUT2D eigenvalue weighted by atomic mass is 79.9. The van der Waals surface area contributed by atoms with E-state index >= 15 is 0 Å². The van der Waals surface area contributed by atoms with Crippen LogP contribution in [0.1, 0.15) is 21.5 Å². The molecule has 0 saturated heterocycles. The zero-order chi connectivity index (χ0) is 15.6. The van der Waals surface area contributed by atoms with Crippen LogP contribution in [0.3, 0.4) is 0 Å². The van der Waals surface area contributed by atoms with Gasteiger partial charge in [0.15, 0.2) is 0 Å². The molecular weight excluding hydrogens is 332 g/mol. The number of nitrogens with one attached hydrogen (secondary N) is 1. The number of benzene rings is 2. The van der Waals surface area contributed by atoms with Crippen molar-refractivity contribution >= 4 is 39.0 Å². The van der Waals surface area contributed by atoms with E-state index in [1.165, 1.54) is 7.11 Å². The van der Waals surface area contributed by atoms with Crippen LogP contribution < -0.4 is 11.1 Å². The van der Waals surface area contributed by atoms with Gasteiger partial charge < -0.3 is 15.8 Å². The van der Waals surface area contributed by atoms with Gasteiger partial charge in [0, 0.05) is 15.8 Å². The van der Waals surface area contributed by atoms with Gasteiger partial charge in [0.05, 0.1) is 18.4 Å². The number of carbonyl (C=O) groups excluding carboxylic acids is 1. The Morgan fingerprint density at radius 3 is 2.62 bits per heavy atom. The van der Waals surface area contributed by atoms with Gasteiger partial charge in [-0.3, -0.25) is 0 Å². The van der Waals surface area contributed by atoms with Gasteiger partial charge in [0.2, 0.25) is 0 Å². The van der Waals surface area contributed by atoms with Crippen molar-refractivity contribution in [1.29, 1.82) is 0 Å². The third-order valence-electron chi connectivity index (χ3n) is 3.19. The number of nitrogen functional groups attached to an aromatic ring is 1. The third-order valence-corrected chi connectivity index (χ3v) is 3.88. The van der Waals surface area contributed by atoms with Crippen molar-refractivity contribution in [1.82, 2.24) is 0 Å². The van der Waals surface area contributed by atoms with E-state index in [2.05, 4.69) is 21.2 Å². The fourth-order valence-electron chi connectivity index (χ4n) is 2.04. The number of esters is 1. The lowest BCUT2D eigenvalue weighted by Crippen LogP contribution is -2.08. The van der Waals surface area contributed by atoms with E-state index in [4.69, 9.17) is 10.5 Å². The number of nitrogens with two attached hydrogens (primary N) is 1. The summed E-state index contributed by atoms with van der Waals surface area (Å²) in [4.78, 5) is 11.8. The Bertz CT molecular complexity index is 699. The highest BCUT2D eigenvalue weighted by molar-refractivity contribution is 9.10. The van der Waals surface area contributed by atoms with Crippen molar-refractivity contribution in [2.75, 3.05) is 18.2 Å². The summed E-state index contributed by atoms with van der Waals surface area (Å²) in [6, 6.07) is 9.61. The number of hydrogen-bond donors (Lipinski definition) is 2. The second kappa shape index (κ2) is 6.18. The molecule has 2 aromatic carbocycles. The Kier molecular flexibility index (Phi) is 4.53. The first-order chi connectivity index (χ1) is 9.92. The SMILES string of the molecule is COC(=O)c1cc(Nc2cc(C)ccc2Br)cc(C)c1N. The summed E-state index contributed by atoms with van der Waals surface area (Å²) < 4.78 is 5.71. The molecule has 0 atom stereocenters. The molecule has 110 valence electrons. The number of hydrogen-bond acceptors (Lipinski definition) is 4. The Labute approximate surface area is 132 Å². The average Bonchev–Trinajstić information content (AvgIpc) is 2.45. The molecule has 4 nitrogen and oxygen atoms in total. The summed E-state index contributed by atoms with van der Waals surface area (Å²) in [6.07, 6.45) is 0. The summed E-state index contributed by atoms with van der Waals surface area (Å²) in [7, 11) is 1.34. The van der Waals surface area contributed by atoms with Gasteiger partial charge in [-0.05, 0) is 65.2 Å². The van der Waals surface area contributed by atoms with Crippen LogP contribution in [0.25, 0.3) is 0 Å². The minimum absolute atomic E-state index is 0.365. The van der Waals surface area contributed by atoms with E-state index in [9.17, 15) is 4.79 Å². The molecule has 0 aromatic heterocycles. The van der Waals surface area contributed by atoms with Gasteiger partial charge in [0.1, 0.15) is 0 Å². The zero-order valence-corrected chi connectivity index (χ0v) is 13.7. The first kappa shape index (κ1) is 15.4. The minimum atomic E-state index is -0.442. The molecule has 0 bridgehead atoms. The van der Waals surface area contributed by atoms with Gasteiger partial charge in [0.25, 0.3) is 0 Å². The molecule has 0 aliphatic carbocycles. The van der Waals surface area contributed by atoms with Crippen LogP contribution in [-0.4, -0.2) is 13.1 Å². The summed E-state index contributed by atoms with van der Waals surface area (Å²) in [5.41, 5.74) is 10.4. The van der Waals surface area contributed by atoms with Crippen LogP contribution in [-0.2, 0) is 4.74 Å². The maximum atomic E-state index is 11.8. The molecule has 2 aromatic rings. The average molecular weight is 349 g/mol. The molecule has 3 N–H and O–H groups in total. The number of halogens is 1. The normalized spacial score (nSPS) is 10.3. The van der Waals surface area contributed by atoms with Crippen molar-refractivity contribution in [2.24, 2.45) is 0 Å². The lowest BCUT2D eigenvalue weighted by atomic mass is 10.1. The molecule has 5 heteroatoms. The van der Waals surface area contributed by atoms with Crippen LogP contribution in [0, 0.1) is 13.8 Å². The monoisotopic (exact) mass is 348 g/mol. The Balaban J connectivity index is 2.43. The van der Waals surface area contributed by atoms with Gasteiger partial charge in [-0.1, -0.05) is 6.07 Å². The number of rotatable bonds is 3. The van der Waals surface area contributed by atoms with Crippen molar-refractivity contribution in [3.8, 4) is 0 Å². The number of anilines is 3. The van der Waals surface area contributed by atoms with Gasteiger partial charge >= 0.3 is 5.97 Å². The smallest absolute Gasteiger partial charge is 0.340 e. The summed E-state index contributed by atoms with van der Waals surface area (Å²) in [5, 5.41) is 3.29. The van der Waals surface area contributed by atoms with Crippen molar-refractivity contribution < 1.29 is 9.53 Å². The predicted octanol–water partition coefficient (Wildman–Crippen LogP) is 4.18. The molecule has 0 saturated carbocycles. The van der Waals surface area contributed by atoms with E-state index in [1.54, 1.807) is 6.07 Å². The van der Waals surface area contributed by atoms with Crippen LogP contribution in [0.15, 0.2) is 34.8 Å². The van der Waals surface area contributed by atoms with Crippen molar-refractivity contribution in [3.05, 3.63) is 51.5 Å². The minimum Gasteiger partial charge on any atom is -0.465 e. The second-order valence-corrected chi connectivity index (χ2v) is 5.71. The molecule has 0 radical (unpaired) electrons. The molecule has 0 spiro atoms. The topological polar surface area (TPSA) is 64.3 Å². The highest BCUT2D eigenvalue weighted by Gasteiger charge is 2.14. The highest BCUT2D eigenvalue weighted by Crippen LogP contribution is 2.30. The van der Waals surface area contributed by atoms with Crippen LogP contribution in [0.2, 0.25) is 0 Å². The van der Waals surface area contributed by atoms with Gasteiger partial charge in [-0.2, -0.15) is 0 Å². The van der Waals surface area contributed by atoms with E-state index in [0.717, 1.165) is 27.0 Å². The van der Waals surface area contributed by atoms with E-state index in [1.807, 2.05) is 38.1 Å². The van der Waals surface area contributed by atoms with E-state index < -0.39 is 5.97 Å². The number of methoxy groups -OCH3 is 1. The van der Waals surface area contributed by atoms with Gasteiger partial charge in [-0.25, -0.2) is 4.79 Å². The van der Waals surface area contributed by atoms with Crippen LogP contribution in [0.4, 0.5) is 17.1 Å². The first-order valence-electron chi connectivity index (χ1n) is 6.44. The third kappa shape index (κ3) is 3.36. The molecule has 0 unspecified atom stereocenters. The summed E-state index contributed by atoms with van der Waals surface area (Å²) in [5.74, 6) is -0.442. The summed E-state index contributed by atoms with van der Waals surface area (Å²) >= 11 is 3.50. The first-order valence-corrected chi connectivity index (χ1v) is 7.23. The Morgan fingerprint density at radius 1 is 1.24 bits per heavy atom. The van der Waals surface area contributed by atoms with Crippen LogP contribution >= 0.6 is 15.9 Å². The fraction of sp³-hybridized carbons (Fsp3) is 0.188. The maximum Gasteiger partial charge on any atom is 0.340 e. The molecule has 0 aliphatic rings. The van der Waals surface area contributed by atoms with E-state index in [-0.39, 0.29) is 0 Å². The lowest BCUT2D eigenvalue weighted by Gasteiger charge is -2.13. The largest absolute Gasteiger partial charge is 0.465 e. The molecule has 0 heterocycles. The number of ether oxygens (including phenoxy) is 1. The van der Waals surface area contributed by atoms with Gasteiger partial charge in [-0.15, -0.1) is 0 Å². The van der Waals surface area contributed by atoms with Crippen LogP contribution in [0.5, 0.6) is 0 Å². The molecule has 0 aliphatic heterocycles. The quantitative estimate of drug-likeness (QED) is 0.645. The Morgan fingerprint density at radius 2 is 1.95 bits per heavy atom. The molecule has 0 amide bonds. The van der Waals surface area contributed by atoms with E-state index in [0.29, 0.717) is 11.3 Å². The zero-order valence-electron chi connectivity index (χ0n) is 12.2. The molecule has 21 heavy (non-hydrogen) atoms. The number of aryl methyl sites for hydroxylation is 2. The second-order valence-electron chi connectivity index (χ2n) is 4.85. The van der Waals surface area contributed by atoms with Crippen molar-refractivity contribution in [2.45, 2.75) is 13.8 Å². The maximum absolute atomic E-state index is 11.8. The molecule has 0 fully saturated rings. The van der Waals surface area contributed by atoms with Crippen molar-refractivity contribution in [3.63, 3.8) is 0 Å². The lowest BCUT2D eigenvalue weighted by molar-refractivity contribution is 0.0602.